The zero-order valence-electron chi connectivity index (χ0n) is 33.4. The predicted molar refractivity (Wildman–Crippen MR) is 208 cm³/mol. The van der Waals surface area contributed by atoms with Gasteiger partial charge in [0.05, 0.1) is 0 Å². The van der Waals surface area contributed by atoms with E-state index < -0.39 is 8.07 Å². The van der Waals surface area contributed by atoms with Gasteiger partial charge in [0.25, 0.3) is 0 Å². The van der Waals surface area contributed by atoms with Crippen molar-refractivity contribution >= 4 is 23.6 Å². The molecule has 0 fully saturated rings. The monoisotopic (exact) mass is 784 g/mol. The summed E-state index contributed by atoms with van der Waals surface area (Å²) in [6.07, 6.45) is 4.77. The van der Waals surface area contributed by atoms with Gasteiger partial charge in [0, 0.05) is 0 Å². The minimum atomic E-state index is -2.81. The van der Waals surface area contributed by atoms with Crippen molar-refractivity contribution in [3.05, 3.63) is 109 Å². The molecule has 1 atom stereocenters. The van der Waals surface area contributed by atoms with E-state index in [1.807, 2.05) is 0 Å². The van der Waals surface area contributed by atoms with Crippen LogP contribution in [0.3, 0.4) is 0 Å². The minimum Gasteiger partial charge on any atom is -1.00 e. The summed E-state index contributed by atoms with van der Waals surface area (Å²) in [6, 6.07) is 23.5. The Labute approximate surface area is 338 Å². The predicted octanol–water partition coefficient (Wildman–Crippen LogP) is 2.63. The molecule has 0 saturated heterocycles. The minimum absolute atomic E-state index is 0. The summed E-state index contributed by atoms with van der Waals surface area (Å²) >= 11 is 2.39. The third-order valence-corrected chi connectivity index (χ3v) is 16.5. The zero-order valence-corrected chi connectivity index (χ0v) is 38.2. The van der Waals surface area contributed by atoms with Crippen molar-refractivity contribution in [2.45, 2.75) is 145 Å². The molecule has 5 heteroatoms. The Morgan fingerprint density at radius 1 is 0.480 bits per heavy atom. The Morgan fingerprint density at radius 2 is 0.740 bits per heavy atom. The quantitative estimate of drug-likeness (QED) is 0.196. The largest absolute Gasteiger partial charge is 1.00 e. The first kappa shape index (κ1) is 47.0. The number of benzene rings is 3. The molecule has 0 amide bonds. The van der Waals surface area contributed by atoms with E-state index in [9.17, 15) is 0 Å². The third-order valence-electron chi connectivity index (χ3n) is 10.9. The van der Waals surface area contributed by atoms with Crippen molar-refractivity contribution in [2.24, 2.45) is 5.92 Å². The molecule has 0 bridgehead atoms. The van der Waals surface area contributed by atoms with E-state index in [0.29, 0.717) is 41.4 Å². The van der Waals surface area contributed by atoms with Crippen molar-refractivity contribution in [1.82, 2.24) is 0 Å². The summed E-state index contributed by atoms with van der Waals surface area (Å²) < 4.78 is 1.50. The number of halogens is 3. The fraction of sp³-hybridized carbons (Fsp3) is 0.511. The molecule has 0 aliphatic heterocycles. The van der Waals surface area contributed by atoms with Crippen molar-refractivity contribution in [1.29, 1.82) is 0 Å². The molecule has 1 aliphatic rings. The van der Waals surface area contributed by atoms with Gasteiger partial charge in [-0.3, -0.25) is 0 Å². The second-order valence-electron chi connectivity index (χ2n) is 16.4. The van der Waals surface area contributed by atoms with Gasteiger partial charge >= 0.3 is 304 Å². The van der Waals surface area contributed by atoms with E-state index in [-0.39, 0.29) is 37.2 Å². The van der Waals surface area contributed by atoms with E-state index in [4.69, 9.17) is 0 Å². The average Bonchev–Trinajstić information content (AvgIpc) is 3.41. The zero-order chi connectivity index (χ0) is 35.0. The van der Waals surface area contributed by atoms with Gasteiger partial charge < -0.3 is 37.2 Å². The van der Waals surface area contributed by atoms with Crippen LogP contribution in [0.5, 0.6) is 0 Å². The van der Waals surface area contributed by atoms with Gasteiger partial charge in [-0.1, -0.05) is 0 Å². The van der Waals surface area contributed by atoms with Crippen LogP contribution in [0, 0.1) is 5.92 Å². The molecule has 3 aromatic rings. The smallest absolute Gasteiger partial charge is 1.00 e. The third kappa shape index (κ3) is 9.53. The second-order valence-corrected chi connectivity index (χ2v) is 21.0. The summed E-state index contributed by atoms with van der Waals surface area (Å²) in [5, 5.41) is 6.47. The Balaban J connectivity index is 0.00000417. The van der Waals surface area contributed by atoms with E-state index in [0.717, 1.165) is 12.8 Å². The molecule has 272 valence electrons. The Hall–Kier alpha value is -1.06. The molecule has 0 radical (unpaired) electrons. The standard InChI is InChI=1S/C45H63Si.3ClH.Ti/c1-15-34(14)44-17-16-18-45(44)46(41-22-35(28(2)3)19-36(23-41)29(4)5,42-24-37(30(6)7)20-38(25-42)31(8)9)43-26-39(32(10)11)21-40(27-43)33(12)13;;;;/h16,19-34H,15,18H2,1-14H3;3*1H;/q;;;;+3/p-3. The number of hydrogen-bond donors (Lipinski definition) is 0. The molecule has 0 spiro atoms. The van der Waals surface area contributed by atoms with E-state index in [2.05, 4.69) is 178 Å². The summed E-state index contributed by atoms with van der Waals surface area (Å²) in [4.78, 5) is 0. The maximum Gasteiger partial charge on any atom is -1.00 e. The maximum atomic E-state index is 2.66. The van der Waals surface area contributed by atoms with Crippen LogP contribution < -0.4 is 52.8 Å². The van der Waals surface area contributed by atoms with E-state index >= 15 is 0 Å². The topological polar surface area (TPSA) is 0 Å². The van der Waals surface area contributed by atoms with Crippen molar-refractivity contribution in [3.63, 3.8) is 0 Å². The first-order valence-corrected chi connectivity index (χ1v) is 21.4. The summed E-state index contributed by atoms with van der Waals surface area (Å²) in [6.45, 7) is 33.4. The van der Waals surface area contributed by atoms with Gasteiger partial charge in [0.1, 0.15) is 0 Å². The second kappa shape index (κ2) is 19.3. The van der Waals surface area contributed by atoms with Crippen molar-refractivity contribution in [2.75, 3.05) is 0 Å². The van der Waals surface area contributed by atoms with Gasteiger partial charge in [0.15, 0.2) is 0 Å². The first-order chi connectivity index (χ1) is 22.0. The molecular formula is C45H63Cl3SiTi. The molecule has 1 aliphatic carbocycles. The molecule has 1 unspecified atom stereocenters. The van der Waals surface area contributed by atoms with Crippen LogP contribution >= 0.6 is 0 Å². The molecule has 0 heterocycles. The number of hydrogen-bond acceptors (Lipinski definition) is 0. The Bertz CT molecular complexity index is 1410. The maximum absolute atomic E-state index is 2.81. The fourth-order valence-electron chi connectivity index (χ4n) is 7.41. The van der Waals surface area contributed by atoms with Crippen molar-refractivity contribution in [3.8, 4) is 0 Å². The van der Waals surface area contributed by atoms with E-state index in [1.165, 1.54) is 37.3 Å². The van der Waals surface area contributed by atoms with Gasteiger partial charge in [-0.05, 0) is 0 Å². The Kier molecular flexibility index (Phi) is 18.1. The van der Waals surface area contributed by atoms with Crippen molar-refractivity contribution < 1.29 is 57.7 Å². The van der Waals surface area contributed by atoms with Gasteiger partial charge in [0.2, 0.25) is 0 Å². The van der Waals surface area contributed by atoms with Gasteiger partial charge in [-0.25, -0.2) is 0 Å². The van der Waals surface area contributed by atoms with Gasteiger partial charge in [-0.15, -0.1) is 0 Å². The number of rotatable bonds is 12. The molecule has 0 aromatic heterocycles. The fourth-order valence-corrected chi connectivity index (χ4v) is 13.9. The van der Waals surface area contributed by atoms with Crippen LogP contribution in [0.1, 0.15) is 179 Å². The first-order valence-electron chi connectivity index (χ1n) is 18.6. The number of allylic oxidation sites excluding steroid dienone is 4. The molecule has 0 nitrogen and oxygen atoms in total. The van der Waals surface area contributed by atoms with Crippen LogP contribution in [0.2, 0.25) is 0 Å². The summed E-state index contributed by atoms with van der Waals surface area (Å²) in [7, 11) is -2.81. The van der Waals surface area contributed by atoms with Crippen LogP contribution in [0.25, 0.3) is 0 Å². The normalized spacial score (nSPS) is 14.1. The van der Waals surface area contributed by atoms with Gasteiger partial charge in [-0.2, -0.15) is 0 Å². The van der Waals surface area contributed by atoms with Crippen LogP contribution in [0.4, 0.5) is 0 Å². The molecule has 3 aromatic carbocycles. The van der Waals surface area contributed by atoms with Crippen LogP contribution in [0.15, 0.2) is 75.3 Å². The van der Waals surface area contributed by atoms with Crippen LogP contribution in [-0.4, -0.2) is 8.07 Å². The molecule has 50 heavy (non-hydrogen) atoms. The molecule has 4 rings (SSSR count). The summed E-state index contributed by atoms with van der Waals surface area (Å²) in [5.74, 6) is 3.31. The summed E-state index contributed by atoms with van der Waals surface area (Å²) in [5.41, 5.74) is 10.5. The van der Waals surface area contributed by atoms with E-state index in [1.54, 1.807) is 26.3 Å². The average molecular weight is 786 g/mol. The molecule has 0 saturated carbocycles. The van der Waals surface area contributed by atoms with Crippen LogP contribution in [-0.2, 0) is 20.4 Å². The molecule has 0 N–H and O–H groups in total. The molecular weight excluding hydrogens is 723 g/mol. The Morgan fingerprint density at radius 3 is 0.960 bits per heavy atom. The SMILES string of the molecule is CCC(C)C1=C([Si](c2cc(C(C)C)cc(C(C)C)c2)(c2cc(C(C)C)cc(C(C)C)c2)c2cc(C(C)C)cc(C(C)C)c2)CC=[C]1[Ti+3].[Cl-].[Cl-].[Cl-].